The van der Waals surface area contributed by atoms with Crippen molar-refractivity contribution >= 4 is 0 Å². The van der Waals surface area contributed by atoms with Gasteiger partial charge in [0.25, 0.3) is 0 Å². The van der Waals surface area contributed by atoms with Crippen LogP contribution in [0.5, 0.6) is 0 Å². The number of rotatable bonds is 1. The summed E-state index contributed by atoms with van der Waals surface area (Å²) in [7, 11) is 0. The number of aliphatic hydroxyl groups excluding tert-OH is 3. The van der Waals surface area contributed by atoms with E-state index in [-0.39, 0.29) is 12.7 Å². The minimum atomic E-state index is -0.948. The molecule has 1 saturated heterocycles. The molecule has 0 aromatic heterocycles. The molecule has 11 heavy (non-hydrogen) atoms. The summed E-state index contributed by atoms with van der Waals surface area (Å²) in [5, 5.41) is 27.1. The van der Waals surface area contributed by atoms with Crippen LogP contribution in [0, 0.1) is 0 Å². The molecule has 0 aromatic rings. The fraction of sp³-hybridized carbons (Fsp3) is 1.00. The van der Waals surface area contributed by atoms with Gasteiger partial charge in [0.15, 0.2) is 0 Å². The number of hydrogen-bond acceptors (Lipinski definition) is 4. The molecule has 1 unspecified atom stereocenters. The molecule has 0 saturated carbocycles. The van der Waals surface area contributed by atoms with E-state index in [0.29, 0.717) is 6.42 Å². The van der Waals surface area contributed by atoms with E-state index < -0.39 is 18.3 Å². The van der Waals surface area contributed by atoms with Crippen LogP contribution < -0.4 is 0 Å². The molecule has 0 aliphatic carbocycles. The monoisotopic (exact) mass is 162 g/mol. The highest BCUT2D eigenvalue weighted by Crippen LogP contribution is 2.19. The topological polar surface area (TPSA) is 69.9 Å². The average Bonchev–Trinajstić information content (AvgIpc) is 1.96. The molecule has 1 aliphatic rings. The van der Waals surface area contributed by atoms with E-state index in [9.17, 15) is 10.2 Å². The van der Waals surface area contributed by atoms with E-state index in [1.54, 1.807) is 6.92 Å². The maximum absolute atomic E-state index is 9.22. The van der Waals surface area contributed by atoms with Crippen LogP contribution in [0.2, 0.25) is 0 Å². The molecule has 0 spiro atoms. The molecule has 0 aromatic carbocycles. The number of ether oxygens (including phenoxy) is 1. The summed E-state index contributed by atoms with van der Waals surface area (Å²) in [6.07, 6.45) is -2.01. The van der Waals surface area contributed by atoms with E-state index >= 15 is 0 Å². The van der Waals surface area contributed by atoms with Crippen LogP contribution in [0.4, 0.5) is 0 Å². The van der Waals surface area contributed by atoms with Crippen LogP contribution in [0.25, 0.3) is 0 Å². The highest BCUT2D eigenvalue weighted by Gasteiger charge is 2.34. The highest BCUT2D eigenvalue weighted by molar-refractivity contribution is 4.83. The zero-order chi connectivity index (χ0) is 8.43. The molecule has 4 heteroatoms. The Balaban J connectivity index is 2.51. The van der Waals surface area contributed by atoms with Gasteiger partial charge in [0.1, 0.15) is 12.2 Å². The molecular formula is C7H14O4. The van der Waals surface area contributed by atoms with Gasteiger partial charge in [-0.3, -0.25) is 0 Å². The molecule has 0 radical (unpaired) electrons. The zero-order valence-electron chi connectivity index (χ0n) is 6.47. The average molecular weight is 162 g/mol. The number of aliphatic hydroxyl groups is 3. The van der Waals surface area contributed by atoms with Crippen molar-refractivity contribution in [1.82, 2.24) is 0 Å². The largest absolute Gasteiger partial charge is 0.394 e. The van der Waals surface area contributed by atoms with Crippen LogP contribution in [0.3, 0.4) is 0 Å². The molecule has 0 bridgehead atoms. The normalized spacial score (nSPS) is 45.8. The van der Waals surface area contributed by atoms with Gasteiger partial charge in [0.05, 0.1) is 18.8 Å². The van der Waals surface area contributed by atoms with Gasteiger partial charge in [-0.1, -0.05) is 0 Å². The van der Waals surface area contributed by atoms with Gasteiger partial charge in [-0.2, -0.15) is 0 Å². The summed E-state index contributed by atoms with van der Waals surface area (Å²) >= 11 is 0. The first-order valence-electron chi connectivity index (χ1n) is 3.77. The predicted molar refractivity (Wildman–Crippen MR) is 38.1 cm³/mol. The number of hydrogen-bond donors (Lipinski definition) is 3. The molecule has 1 aliphatic heterocycles. The Morgan fingerprint density at radius 1 is 1.45 bits per heavy atom. The fourth-order valence-electron chi connectivity index (χ4n) is 1.31. The van der Waals surface area contributed by atoms with E-state index in [4.69, 9.17) is 9.84 Å². The third-order valence-electron chi connectivity index (χ3n) is 1.94. The first-order chi connectivity index (χ1) is 5.15. The van der Waals surface area contributed by atoms with Crippen molar-refractivity contribution in [3.8, 4) is 0 Å². The first kappa shape index (κ1) is 8.93. The molecular weight excluding hydrogens is 148 g/mol. The lowest BCUT2D eigenvalue weighted by Gasteiger charge is -2.34. The Labute approximate surface area is 65.4 Å². The van der Waals surface area contributed by atoms with Crippen LogP contribution in [0.15, 0.2) is 0 Å². The Morgan fingerprint density at radius 3 is 2.64 bits per heavy atom. The second kappa shape index (κ2) is 3.49. The van der Waals surface area contributed by atoms with Gasteiger partial charge in [-0.15, -0.1) is 0 Å². The van der Waals surface area contributed by atoms with Gasteiger partial charge < -0.3 is 20.1 Å². The van der Waals surface area contributed by atoms with Gasteiger partial charge >= 0.3 is 0 Å². The minimum absolute atomic E-state index is 0.0921. The maximum Gasteiger partial charge on any atom is 0.109 e. The SMILES string of the molecule is C[C@H]1C[C@@H](O)[C@@H](O)C(CO)O1. The smallest absolute Gasteiger partial charge is 0.109 e. The third-order valence-corrected chi connectivity index (χ3v) is 1.94. The van der Waals surface area contributed by atoms with E-state index in [1.807, 2.05) is 0 Å². The lowest BCUT2D eigenvalue weighted by molar-refractivity contribution is -0.174. The van der Waals surface area contributed by atoms with E-state index in [0.717, 1.165) is 0 Å². The molecule has 0 amide bonds. The van der Waals surface area contributed by atoms with Crippen molar-refractivity contribution in [3.05, 3.63) is 0 Å². The van der Waals surface area contributed by atoms with Crippen molar-refractivity contribution in [1.29, 1.82) is 0 Å². The Hall–Kier alpha value is -0.160. The Morgan fingerprint density at radius 2 is 2.09 bits per heavy atom. The van der Waals surface area contributed by atoms with Crippen LogP contribution in [0.1, 0.15) is 13.3 Å². The van der Waals surface area contributed by atoms with Crippen LogP contribution in [-0.4, -0.2) is 46.3 Å². The summed E-state index contributed by atoms with van der Waals surface area (Å²) in [4.78, 5) is 0. The molecule has 1 fully saturated rings. The second-order valence-corrected chi connectivity index (χ2v) is 2.96. The van der Waals surface area contributed by atoms with E-state index in [1.165, 1.54) is 0 Å². The van der Waals surface area contributed by atoms with Crippen molar-refractivity contribution in [2.75, 3.05) is 6.61 Å². The van der Waals surface area contributed by atoms with Crippen molar-refractivity contribution in [2.24, 2.45) is 0 Å². The Bertz CT molecular complexity index is 128. The standard InChI is InChI=1S/C7H14O4/c1-4-2-5(9)7(10)6(3-8)11-4/h4-10H,2-3H2,1H3/t4-,5+,6?,7+/m0/s1. The molecule has 3 N–H and O–H groups in total. The second-order valence-electron chi connectivity index (χ2n) is 2.96. The Kier molecular flexibility index (Phi) is 2.84. The van der Waals surface area contributed by atoms with Gasteiger partial charge in [-0.25, -0.2) is 0 Å². The third kappa shape index (κ3) is 1.90. The van der Waals surface area contributed by atoms with Gasteiger partial charge in [0, 0.05) is 6.42 Å². The van der Waals surface area contributed by atoms with Crippen molar-refractivity contribution < 1.29 is 20.1 Å². The lowest BCUT2D eigenvalue weighted by atomic mass is 9.99. The quantitative estimate of drug-likeness (QED) is 0.456. The predicted octanol–water partition coefficient (Wildman–Crippen LogP) is -1.12. The molecule has 4 nitrogen and oxygen atoms in total. The summed E-state index contributed by atoms with van der Waals surface area (Å²) in [5.74, 6) is 0. The van der Waals surface area contributed by atoms with Crippen molar-refractivity contribution in [3.63, 3.8) is 0 Å². The molecule has 1 heterocycles. The van der Waals surface area contributed by atoms with Gasteiger partial charge in [0.2, 0.25) is 0 Å². The molecule has 1 rings (SSSR count). The van der Waals surface area contributed by atoms with Gasteiger partial charge in [-0.05, 0) is 6.92 Å². The summed E-state index contributed by atoms with van der Waals surface area (Å²) in [5.41, 5.74) is 0. The zero-order valence-corrected chi connectivity index (χ0v) is 6.47. The summed E-state index contributed by atoms with van der Waals surface area (Å²) in [6, 6.07) is 0. The highest BCUT2D eigenvalue weighted by atomic mass is 16.5. The lowest BCUT2D eigenvalue weighted by Crippen LogP contribution is -2.49. The maximum atomic E-state index is 9.22. The van der Waals surface area contributed by atoms with Crippen LogP contribution >= 0.6 is 0 Å². The summed E-state index contributed by atoms with van der Waals surface area (Å²) < 4.78 is 5.16. The fourth-order valence-corrected chi connectivity index (χ4v) is 1.31. The first-order valence-corrected chi connectivity index (χ1v) is 3.77. The van der Waals surface area contributed by atoms with Crippen LogP contribution in [-0.2, 0) is 4.74 Å². The minimum Gasteiger partial charge on any atom is -0.394 e. The molecule has 66 valence electrons. The van der Waals surface area contributed by atoms with E-state index in [2.05, 4.69) is 0 Å². The molecule has 4 atom stereocenters. The summed E-state index contributed by atoms with van der Waals surface area (Å²) in [6.45, 7) is 1.56. The van der Waals surface area contributed by atoms with Crippen molar-refractivity contribution in [2.45, 2.75) is 37.8 Å².